The number of phenols is 1. The van der Waals surface area contributed by atoms with Crippen LogP contribution < -0.4 is 5.73 Å². The molecule has 2 nitrogen and oxygen atoms in total. The maximum absolute atomic E-state index is 12.7. The lowest BCUT2D eigenvalue weighted by Gasteiger charge is -2.15. The van der Waals surface area contributed by atoms with Crippen LogP contribution in [-0.2, 0) is 12.6 Å². The first-order valence-electron chi connectivity index (χ1n) is 5.49. The number of nitrogens with two attached hydrogens (primary N) is 1. The Hall–Kier alpha value is -1.23. The van der Waals surface area contributed by atoms with Crippen LogP contribution in [-0.4, -0.2) is 10.6 Å². The third-order valence-electron chi connectivity index (χ3n) is 3.22. The smallest absolute Gasteiger partial charge is 0.416 e. The summed E-state index contributed by atoms with van der Waals surface area (Å²) in [5.74, 6) is -0.302. The molecule has 2 rings (SSSR count). The van der Waals surface area contributed by atoms with E-state index >= 15 is 0 Å². The van der Waals surface area contributed by atoms with Gasteiger partial charge in [0, 0.05) is 11.1 Å². The van der Waals surface area contributed by atoms with Crippen LogP contribution in [0.15, 0.2) is 18.2 Å². The van der Waals surface area contributed by atoms with Crippen molar-refractivity contribution >= 4 is 0 Å². The van der Waals surface area contributed by atoms with Crippen LogP contribution in [0.25, 0.3) is 0 Å². The molecular formula is C12H14F3NO. The fraction of sp³-hybridized carbons (Fsp3) is 0.500. The summed E-state index contributed by atoms with van der Waals surface area (Å²) in [5.41, 5.74) is 4.72. The first-order valence-corrected chi connectivity index (χ1v) is 5.49. The summed E-state index contributed by atoms with van der Waals surface area (Å²) >= 11 is 0. The highest BCUT2D eigenvalue weighted by Crippen LogP contribution is 2.40. The summed E-state index contributed by atoms with van der Waals surface area (Å²) in [7, 11) is 0. The average Bonchev–Trinajstić information content (AvgIpc) is 2.93. The van der Waals surface area contributed by atoms with E-state index in [2.05, 4.69) is 0 Å². The van der Waals surface area contributed by atoms with Crippen LogP contribution in [0.2, 0.25) is 0 Å². The van der Waals surface area contributed by atoms with Crippen molar-refractivity contribution in [2.75, 3.05) is 0 Å². The van der Waals surface area contributed by atoms with E-state index < -0.39 is 11.7 Å². The molecule has 5 heteroatoms. The quantitative estimate of drug-likeness (QED) is 0.860. The number of hydrogen-bond donors (Lipinski definition) is 2. The van der Waals surface area contributed by atoms with Crippen molar-refractivity contribution in [3.8, 4) is 5.75 Å². The number of alkyl halides is 3. The van der Waals surface area contributed by atoms with Crippen molar-refractivity contribution in [1.82, 2.24) is 0 Å². The first kappa shape index (κ1) is 12.2. The zero-order chi connectivity index (χ0) is 12.7. The van der Waals surface area contributed by atoms with Gasteiger partial charge in [-0.2, -0.15) is 13.2 Å². The summed E-state index contributed by atoms with van der Waals surface area (Å²) in [6.07, 6.45) is -2.09. The van der Waals surface area contributed by atoms with Gasteiger partial charge in [0.1, 0.15) is 5.75 Å². The van der Waals surface area contributed by atoms with Crippen molar-refractivity contribution in [3.05, 3.63) is 29.3 Å². The predicted molar refractivity (Wildman–Crippen MR) is 57.6 cm³/mol. The highest BCUT2D eigenvalue weighted by atomic mass is 19.4. The third-order valence-corrected chi connectivity index (χ3v) is 3.22. The Kier molecular flexibility index (Phi) is 2.81. The number of aromatic hydroxyl groups is 1. The lowest BCUT2D eigenvalue weighted by molar-refractivity contribution is -0.138. The van der Waals surface area contributed by atoms with Crippen LogP contribution in [0.1, 0.15) is 30.4 Å². The van der Waals surface area contributed by atoms with Gasteiger partial charge < -0.3 is 10.8 Å². The standard InChI is InChI=1S/C12H14F3NO/c13-12(14,15)9-2-1-3-10(17)8(9)4-5-11(16)6-7-11/h1-3,17H,4-7,16H2. The number of phenolic OH excluding ortho intramolecular Hbond substituents is 1. The zero-order valence-corrected chi connectivity index (χ0v) is 9.22. The predicted octanol–water partition coefficient (Wildman–Crippen LogP) is 2.83. The highest BCUT2D eigenvalue weighted by Gasteiger charge is 2.39. The Morgan fingerprint density at radius 1 is 1.29 bits per heavy atom. The fourth-order valence-corrected chi connectivity index (χ4v) is 1.89. The maximum Gasteiger partial charge on any atom is 0.416 e. The van der Waals surface area contributed by atoms with E-state index in [1.807, 2.05) is 0 Å². The first-order chi connectivity index (χ1) is 7.82. The molecule has 0 bridgehead atoms. The lowest BCUT2D eigenvalue weighted by Crippen LogP contribution is -2.22. The van der Waals surface area contributed by atoms with Crippen LogP contribution >= 0.6 is 0 Å². The van der Waals surface area contributed by atoms with Crippen LogP contribution in [0.4, 0.5) is 13.2 Å². The van der Waals surface area contributed by atoms with Crippen molar-refractivity contribution in [1.29, 1.82) is 0 Å². The second-order valence-corrected chi connectivity index (χ2v) is 4.66. The third kappa shape index (κ3) is 2.72. The molecule has 3 N–H and O–H groups in total. The van der Waals surface area contributed by atoms with E-state index in [0.29, 0.717) is 6.42 Å². The van der Waals surface area contributed by atoms with E-state index in [-0.39, 0.29) is 23.3 Å². The second kappa shape index (κ2) is 3.91. The Morgan fingerprint density at radius 3 is 2.47 bits per heavy atom. The highest BCUT2D eigenvalue weighted by molar-refractivity contribution is 5.41. The monoisotopic (exact) mass is 245 g/mol. The summed E-state index contributed by atoms with van der Waals surface area (Å²) in [6, 6.07) is 3.47. The molecule has 1 aromatic carbocycles. The molecule has 0 amide bonds. The van der Waals surface area contributed by atoms with Crippen LogP contribution in [0.5, 0.6) is 5.75 Å². The van der Waals surface area contributed by atoms with Gasteiger partial charge in [-0.3, -0.25) is 0 Å². The van der Waals surface area contributed by atoms with Crippen molar-refractivity contribution < 1.29 is 18.3 Å². The summed E-state index contributed by atoms with van der Waals surface area (Å²) in [5, 5.41) is 9.53. The molecule has 17 heavy (non-hydrogen) atoms. The van der Waals surface area contributed by atoms with Crippen molar-refractivity contribution in [2.24, 2.45) is 5.73 Å². The SMILES string of the molecule is NC1(CCc2c(O)cccc2C(F)(F)F)CC1. The lowest BCUT2D eigenvalue weighted by atomic mass is 9.98. The van der Waals surface area contributed by atoms with E-state index in [1.54, 1.807) is 0 Å². The van der Waals surface area contributed by atoms with Gasteiger partial charge in [0.05, 0.1) is 5.56 Å². The molecular weight excluding hydrogens is 231 g/mol. The zero-order valence-electron chi connectivity index (χ0n) is 9.22. The van der Waals surface area contributed by atoms with Gasteiger partial charge in [0.25, 0.3) is 0 Å². The van der Waals surface area contributed by atoms with Crippen LogP contribution in [0.3, 0.4) is 0 Å². The van der Waals surface area contributed by atoms with Crippen LogP contribution in [0, 0.1) is 0 Å². The molecule has 0 radical (unpaired) electrons. The Labute approximate surface area is 97.2 Å². The summed E-state index contributed by atoms with van der Waals surface area (Å²) in [4.78, 5) is 0. The fourth-order valence-electron chi connectivity index (χ4n) is 1.89. The molecule has 0 spiro atoms. The van der Waals surface area contributed by atoms with E-state index in [1.165, 1.54) is 12.1 Å². The van der Waals surface area contributed by atoms with Gasteiger partial charge in [0.2, 0.25) is 0 Å². The molecule has 1 aliphatic rings. The summed E-state index contributed by atoms with van der Waals surface area (Å²) < 4.78 is 38.2. The number of benzene rings is 1. The Balaban J connectivity index is 2.24. The molecule has 1 saturated carbocycles. The average molecular weight is 245 g/mol. The topological polar surface area (TPSA) is 46.2 Å². The Morgan fingerprint density at radius 2 is 1.94 bits per heavy atom. The number of hydrogen-bond acceptors (Lipinski definition) is 2. The van der Waals surface area contributed by atoms with Gasteiger partial charge in [-0.1, -0.05) is 6.07 Å². The Bertz CT molecular complexity index is 424. The number of rotatable bonds is 3. The molecule has 0 heterocycles. The van der Waals surface area contributed by atoms with Crippen molar-refractivity contribution in [3.63, 3.8) is 0 Å². The molecule has 1 aromatic rings. The van der Waals surface area contributed by atoms with Gasteiger partial charge >= 0.3 is 6.18 Å². The molecule has 0 atom stereocenters. The van der Waals surface area contributed by atoms with Crippen molar-refractivity contribution in [2.45, 2.75) is 37.4 Å². The molecule has 1 fully saturated rings. The van der Waals surface area contributed by atoms with Gasteiger partial charge in [0.15, 0.2) is 0 Å². The molecule has 0 aromatic heterocycles. The minimum atomic E-state index is -4.43. The minimum absolute atomic E-state index is 0.0447. The molecule has 1 aliphatic carbocycles. The van der Waals surface area contributed by atoms with E-state index in [4.69, 9.17) is 5.73 Å². The van der Waals surface area contributed by atoms with E-state index in [0.717, 1.165) is 18.9 Å². The summed E-state index contributed by atoms with van der Waals surface area (Å²) in [6.45, 7) is 0. The normalized spacial score (nSPS) is 18.1. The molecule has 0 unspecified atom stereocenters. The van der Waals surface area contributed by atoms with Gasteiger partial charge in [-0.15, -0.1) is 0 Å². The molecule has 0 aliphatic heterocycles. The number of halogens is 3. The van der Waals surface area contributed by atoms with Gasteiger partial charge in [-0.25, -0.2) is 0 Å². The van der Waals surface area contributed by atoms with E-state index in [9.17, 15) is 18.3 Å². The molecule has 94 valence electrons. The minimum Gasteiger partial charge on any atom is -0.508 e. The maximum atomic E-state index is 12.7. The van der Waals surface area contributed by atoms with Gasteiger partial charge in [-0.05, 0) is 37.8 Å². The largest absolute Gasteiger partial charge is 0.508 e. The molecule has 0 saturated heterocycles. The second-order valence-electron chi connectivity index (χ2n) is 4.66.